The molecule has 2 aliphatic rings. The van der Waals surface area contributed by atoms with Gasteiger partial charge in [0.2, 0.25) is 0 Å². The van der Waals surface area contributed by atoms with E-state index in [9.17, 15) is 0 Å². The van der Waals surface area contributed by atoms with Gasteiger partial charge in [-0.05, 0) is 24.3 Å². The molecule has 0 amide bonds. The summed E-state index contributed by atoms with van der Waals surface area (Å²) in [4.78, 5) is 15.4. The molecule has 0 saturated carbocycles. The van der Waals surface area contributed by atoms with E-state index in [-0.39, 0.29) is 6.04 Å². The Kier molecular flexibility index (Phi) is 3.60. The number of aryl methyl sites for hydroxylation is 1. The van der Waals surface area contributed by atoms with Crippen molar-refractivity contribution >= 4 is 17.4 Å². The van der Waals surface area contributed by atoms with Crippen LogP contribution in [-0.2, 0) is 7.05 Å². The first kappa shape index (κ1) is 15.6. The zero-order valence-electron chi connectivity index (χ0n) is 14.8. The minimum Gasteiger partial charge on any atom is -0.337 e. The van der Waals surface area contributed by atoms with Crippen molar-refractivity contribution in [1.82, 2.24) is 24.2 Å². The van der Waals surface area contributed by atoms with Crippen molar-refractivity contribution in [3.8, 4) is 5.69 Å². The molecule has 1 atom stereocenters. The van der Waals surface area contributed by atoms with Crippen LogP contribution in [-0.4, -0.2) is 42.4 Å². The van der Waals surface area contributed by atoms with Crippen molar-refractivity contribution in [2.75, 3.05) is 11.9 Å². The van der Waals surface area contributed by atoms with Crippen LogP contribution in [0.2, 0.25) is 0 Å². The highest BCUT2D eigenvalue weighted by Gasteiger charge is 2.32. The Balaban J connectivity index is 1.34. The van der Waals surface area contributed by atoms with Crippen LogP contribution in [0.25, 0.3) is 5.69 Å². The summed E-state index contributed by atoms with van der Waals surface area (Å²) in [6.07, 6.45) is 13.2. The van der Waals surface area contributed by atoms with E-state index in [0.29, 0.717) is 6.54 Å². The fourth-order valence-electron chi connectivity index (χ4n) is 3.33. The Morgan fingerprint density at radius 3 is 2.81 bits per heavy atom. The number of fused-ring (bicyclic) bond motifs is 1. The Labute approximate surface area is 156 Å². The topological polar surface area (TPSA) is 75.6 Å². The molecular formula is C19H18N8. The molecule has 2 aromatic heterocycles. The molecule has 134 valence electrons. The molecule has 4 heterocycles. The maximum atomic E-state index is 4.71. The van der Waals surface area contributed by atoms with Gasteiger partial charge < -0.3 is 14.8 Å². The summed E-state index contributed by atoms with van der Waals surface area (Å²) in [6.45, 7) is 0.686. The highest BCUT2D eigenvalue weighted by Crippen LogP contribution is 2.29. The summed E-state index contributed by atoms with van der Waals surface area (Å²) in [5.74, 6) is 1.60. The number of nitrogens with zero attached hydrogens (tertiary/aromatic N) is 7. The fraction of sp³-hybridized carbons (Fsp3) is 0.158. The molecule has 0 bridgehead atoms. The monoisotopic (exact) mass is 358 g/mol. The first-order chi connectivity index (χ1) is 13.3. The lowest BCUT2D eigenvalue weighted by Gasteiger charge is -2.26. The highest BCUT2D eigenvalue weighted by molar-refractivity contribution is 6.45. The van der Waals surface area contributed by atoms with Gasteiger partial charge in [-0.3, -0.25) is 9.67 Å². The first-order valence-electron chi connectivity index (χ1n) is 8.69. The average molecular weight is 358 g/mol. The SMILES string of the molecule is Cn1cc(C2CN=C3C(Nc4ccc(-n5ccnc5)cc4)=NC=CN32)cn1. The summed E-state index contributed by atoms with van der Waals surface area (Å²) >= 11 is 0. The van der Waals surface area contributed by atoms with Gasteiger partial charge in [0.15, 0.2) is 11.7 Å². The normalized spacial score (nSPS) is 18.3. The van der Waals surface area contributed by atoms with Crippen LogP contribution in [0.5, 0.6) is 0 Å². The third-order valence-corrected chi connectivity index (χ3v) is 4.68. The Morgan fingerprint density at radius 1 is 1.19 bits per heavy atom. The van der Waals surface area contributed by atoms with Crippen LogP contribution < -0.4 is 5.32 Å². The summed E-state index contributed by atoms with van der Waals surface area (Å²) in [5, 5.41) is 7.66. The number of aliphatic imine (C=N–C) groups is 2. The van der Waals surface area contributed by atoms with Crippen LogP contribution in [0.1, 0.15) is 11.6 Å². The second kappa shape index (κ2) is 6.24. The summed E-state index contributed by atoms with van der Waals surface area (Å²) in [6, 6.07) is 8.27. The van der Waals surface area contributed by atoms with Gasteiger partial charge >= 0.3 is 0 Å². The van der Waals surface area contributed by atoms with Crippen molar-refractivity contribution in [2.24, 2.45) is 17.0 Å². The highest BCUT2D eigenvalue weighted by atomic mass is 15.3. The van der Waals surface area contributed by atoms with Crippen molar-refractivity contribution in [3.63, 3.8) is 0 Å². The van der Waals surface area contributed by atoms with E-state index in [0.717, 1.165) is 28.6 Å². The molecule has 0 fully saturated rings. The number of imidazole rings is 1. The van der Waals surface area contributed by atoms with E-state index < -0.39 is 0 Å². The quantitative estimate of drug-likeness (QED) is 0.780. The van der Waals surface area contributed by atoms with Gasteiger partial charge in [-0.2, -0.15) is 5.10 Å². The van der Waals surface area contributed by atoms with Gasteiger partial charge in [0.05, 0.1) is 25.1 Å². The van der Waals surface area contributed by atoms with Gasteiger partial charge in [-0.25, -0.2) is 9.98 Å². The smallest absolute Gasteiger partial charge is 0.173 e. The fourth-order valence-corrected chi connectivity index (χ4v) is 3.33. The molecule has 1 unspecified atom stereocenters. The Hall–Kier alpha value is -3.68. The van der Waals surface area contributed by atoms with Crippen molar-refractivity contribution in [3.05, 3.63) is 73.3 Å². The molecule has 0 saturated heterocycles. The van der Waals surface area contributed by atoms with Crippen molar-refractivity contribution in [2.45, 2.75) is 6.04 Å². The number of hydrogen-bond acceptors (Lipinski definition) is 6. The second-order valence-corrected chi connectivity index (χ2v) is 6.45. The number of anilines is 1. The van der Waals surface area contributed by atoms with Gasteiger partial charge in [-0.1, -0.05) is 0 Å². The largest absolute Gasteiger partial charge is 0.337 e. The van der Waals surface area contributed by atoms with Gasteiger partial charge in [0.25, 0.3) is 0 Å². The van der Waals surface area contributed by atoms with Crippen LogP contribution in [0, 0.1) is 0 Å². The number of rotatable bonds is 3. The number of nitrogens with one attached hydrogen (secondary N) is 1. The predicted molar refractivity (Wildman–Crippen MR) is 104 cm³/mol. The van der Waals surface area contributed by atoms with Crippen LogP contribution >= 0.6 is 0 Å². The van der Waals surface area contributed by atoms with E-state index in [2.05, 4.69) is 25.3 Å². The zero-order valence-corrected chi connectivity index (χ0v) is 14.8. The molecule has 0 spiro atoms. The molecule has 2 aliphatic heterocycles. The maximum absolute atomic E-state index is 4.71. The van der Waals surface area contributed by atoms with Crippen molar-refractivity contribution < 1.29 is 0 Å². The molecule has 27 heavy (non-hydrogen) atoms. The third kappa shape index (κ3) is 2.80. The lowest BCUT2D eigenvalue weighted by Crippen LogP contribution is -2.37. The van der Waals surface area contributed by atoms with E-state index >= 15 is 0 Å². The van der Waals surface area contributed by atoms with E-state index in [1.165, 1.54) is 0 Å². The molecule has 8 nitrogen and oxygen atoms in total. The minimum absolute atomic E-state index is 0.154. The molecule has 8 heteroatoms. The molecule has 1 aromatic carbocycles. The minimum atomic E-state index is 0.154. The van der Waals surface area contributed by atoms with E-state index in [1.54, 1.807) is 18.7 Å². The standard InChI is InChI=1S/C19H18N8/c1-25-12-14(10-23-25)17-11-22-19-18(21-7-9-27(17)19)24-15-2-4-16(5-3-15)26-8-6-20-13-26/h2-10,12-13,17H,11H2,1H3,(H,21,24). The van der Waals surface area contributed by atoms with Crippen molar-refractivity contribution in [1.29, 1.82) is 0 Å². The summed E-state index contributed by atoms with van der Waals surface area (Å²) in [5.41, 5.74) is 3.16. The number of amidine groups is 2. The van der Waals surface area contributed by atoms with Crippen LogP contribution in [0.3, 0.4) is 0 Å². The van der Waals surface area contributed by atoms with Gasteiger partial charge in [0, 0.05) is 55.0 Å². The van der Waals surface area contributed by atoms with Crippen LogP contribution in [0.4, 0.5) is 5.69 Å². The molecule has 5 rings (SSSR count). The average Bonchev–Trinajstić information content (AvgIpc) is 3.43. The number of hydrogen-bond donors (Lipinski definition) is 1. The summed E-state index contributed by atoms with van der Waals surface area (Å²) < 4.78 is 3.78. The second-order valence-electron chi connectivity index (χ2n) is 6.45. The molecule has 3 aromatic rings. The van der Waals surface area contributed by atoms with Gasteiger partial charge in [0.1, 0.15) is 0 Å². The Bertz CT molecular complexity index is 1040. The molecule has 0 aliphatic carbocycles. The lowest BCUT2D eigenvalue weighted by atomic mass is 10.1. The number of benzene rings is 1. The molecule has 0 radical (unpaired) electrons. The van der Waals surface area contributed by atoms with Gasteiger partial charge in [-0.15, -0.1) is 0 Å². The van der Waals surface area contributed by atoms with E-state index in [1.807, 2.05) is 65.4 Å². The Morgan fingerprint density at radius 2 is 2.07 bits per heavy atom. The molecule has 1 N–H and O–H groups in total. The predicted octanol–water partition coefficient (Wildman–Crippen LogP) is 2.36. The summed E-state index contributed by atoms with van der Waals surface area (Å²) in [7, 11) is 1.92. The van der Waals surface area contributed by atoms with Crippen LogP contribution in [0.15, 0.2) is 77.8 Å². The first-order valence-corrected chi connectivity index (χ1v) is 8.69. The third-order valence-electron chi connectivity index (χ3n) is 4.68. The number of aromatic nitrogens is 4. The van der Waals surface area contributed by atoms with E-state index in [4.69, 9.17) is 4.99 Å². The zero-order chi connectivity index (χ0) is 18.2. The molecular weight excluding hydrogens is 340 g/mol. The maximum Gasteiger partial charge on any atom is 0.173 e. The lowest BCUT2D eigenvalue weighted by molar-refractivity contribution is 0.458.